The first kappa shape index (κ1) is 14.1. The number of unbranched alkanes of at least 4 members (excludes halogenated alkanes) is 6. The lowest BCUT2D eigenvalue weighted by molar-refractivity contribution is 0.589. The van der Waals surface area contributed by atoms with Crippen molar-refractivity contribution in [3.63, 3.8) is 0 Å². The SMILES string of the molecule is CCCCCCCCCc1ccc2c(c1)ncn2C. The Morgan fingerprint density at radius 1 is 1.00 bits per heavy atom. The van der Waals surface area contributed by atoms with E-state index in [4.69, 9.17) is 0 Å². The fraction of sp³-hybridized carbons (Fsp3) is 0.588. The molecule has 2 nitrogen and oxygen atoms in total. The van der Waals surface area contributed by atoms with Crippen molar-refractivity contribution in [2.75, 3.05) is 0 Å². The standard InChI is InChI=1S/C17H26N2/c1-3-4-5-6-7-8-9-10-15-11-12-17-16(13-15)18-14-19(17)2/h11-14H,3-10H2,1-2H3. The Hall–Kier alpha value is -1.31. The van der Waals surface area contributed by atoms with Crippen molar-refractivity contribution in [1.29, 1.82) is 0 Å². The zero-order chi connectivity index (χ0) is 13.5. The van der Waals surface area contributed by atoms with Gasteiger partial charge in [0.05, 0.1) is 17.4 Å². The Morgan fingerprint density at radius 3 is 2.53 bits per heavy atom. The molecule has 1 aromatic carbocycles. The molecule has 0 amide bonds. The molecule has 1 heterocycles. The normalized spacial score (nSPS) is 11.3. The molecule has 0 spiro atoms. The van der Waals surface area contributed by atoms with Gasteiger partial charge < -0.3 is 4.57 Å². The number of fused-ring (bicyclic) bond motifs is 1. The molecule has 0 saturated heterocycles. The van der Waals surface area contributed by atoms with Gasteiger partial charge in [0.2, 0.25) is 0 Å². The molecule has 19 heavy (non-hydrogen) atoms. The number of aromatic nitrogens is 2. The Morgan fingerprint density at radius 2 is 1.74 bits per heavy atom. The minimum atomic E-state index is 1.13. The maximum atomic E-state index is 4.42. The number of aryl methyl sites for hydroxylation is 2. The molecule has 1 aromatic heterocycles. The molecule has 0 atom stereocenters. The van der Waals surface area contributed by atoms with Crippen molar-refractivity contribution in [2.45, 2.75) is 58.3 Å². The predicted molar refractivity (Wildman–Crippen MR) is 82.4 cm³/mol. The Kier molecular flexibility index (Phi) is 5.44. The Labute approximate surface area is 116 Å². The lowest BCUT2D eigenvalue weighted by atomic mass is 10.0. The molecule has 0 unspecified atom stereocenters. The second-order valence-electron chi connectivity index (χ2n) is 5.55. The van der Waals surface area contributed by atoms with E-state index in [0.717, 1.165) is 5.52 Å². The van der Waals surface area contributed by atoms with E-state index in [1.807, 2.05) is 13.4 Å². The molecule has 0 aliphatic heterocycles. The minimum Gasteiger partial charge on any atom is -0.334 e. The molecule has 0 saturated carbocycles. The van der Waals surface area contributed by atoms with Gasteiger partial charge in [-0.25, -0.2) is 4.98 Å². The molecular formula is C17H26N2. The molecule has 0 N–H and O–H groups in total. The van der Waals surface area contributed by atoms with Crippen LogP contribution in [-0.4, -0.2) is 9.55 Å². The number of imidazole rings is 1. The molecule has 0 aliphatic rings. The van der Waals surface area contributed by atoms with Crippen LogP contribution in [0, 0.1) is 0 Å². The maximum absolute atomic E-state index is 4.42. The van der Waals surface area contributed by atoms with Crippen LogP contribution in [0.25, 0.3) is 11.0 Å². The van der Waals surface area contributed by atoms with Crippen LogP contribution in [0.15, 0.2) is 24.5 Å². The third-order valence-corrected chi connectivity index (χ3v) is 3.86. The van der Waals surface area contributed by atoms with E-state index in [0.29, 0.717) is 0 Å². The van der Waals surface area contributed by atoms with Gasteiger partial charge in [0.25, 0.3) is 0 Å². The number of benzene rings is 1. The van der Waals surface area contributed by atoms with E-state index in [1.165, 1.54) is 62.4 Å². The van der Waals surface area contributed by atoms with E-state index in [1.54, 1.807) is 0 Å². The molecule has 2 heteroatoms. The van der Waals surface area contributed by atoms with Crippen molar-refractivity contribution in [3.8, 4) is 0 Å². The summed E-state index contributed by atoms with van der Waals surface area (Å²) in [6.07, 6.45) is 12.7. The summed E-state index contributed by atoms with van der Waals surface area (Å²) in [6.45, 7) is 2.27. The highest BCUT2D eigenvalue weighted by Gasteiger charge is 2.01. The van der Waals surface area contributed by atoms with Crippen LogP contribution in [0.4, 0.5) is 0 Å². The summed E-state index contributed by atoms with van der Waals surface area (Å²) in [6, 6.07) is 6.69. The van der Waals surface area contributed by atoms with Gasteiger partial charge in [-0.3, -0.25) is 0 Å². The summed E-state index contributed by atoms with van der Waals surface area (Å²) in [5.74, 6) is 0. The average molecular weight is 258 g/mol. The third-order valence-electron chi connectivity index (χ3n) is 3.86. The van der Waals surface area contributed by atoms with Crippen molar-refractivity contribution in [1.82, 2.24) is 9.55 Å². The summed E-state index contributed by atoms with van der Waals surface area (Å²) in [7, 11) is 2.05. The Bertz CT molecular complexity index is 499. The van der Waals surface area contributed by atoms with Crippen LogP contribution in [0.2, 0.25) is 0 Å². The lowest BCUT2D eigenvalue weighted by Crippen LogP contribution is -1.88. The zero-order valence-electron chi connectivity index (χ0n) is 12.4. The second kappa shape index (κ2) is 7.32. The highest BCUT2D eigenvalue weighted by molar-refractivity contribution is 5.75. The van der Waals surface area contributed by atoms with Crippen molar-refractivity contribution in [2.24, 2.45) is 7.05 Å². The van der Waals surface area contributed by atoms with Crippen LogP contribution < -0.4 is 0 Å². The van der Waals surface area contributed by atoms with Crippen LogP contribution in [0.3, 0.4) is 0 Å². The molecule has 0 radical (unpaired) electrons. The number of rotatable bonds is 8. The Balaban J connectivity index is 1.72. The molecular weight excluding hydrogens is 232 g/mol. The van der Waals surface area contributed by atoms with E-state index in [-0.39, 0.29) is 0 Å². The molecule has 0 aliphatic carbocycles. The number of hydrogen-bond donors (Lipinski definition) is 0. The van der Waals surface area contributed by atoms with Crippen molar-refractivity contribution < 1.29 is 0 Å². The third kappa shape index (κ3) is 4.09. The fourth-order valence-corrected chi connectivity index (χ4v) is 2.62. The fourth-order valence-electron chi connectivity index (χ4n) is 2.62. The van der Waals surface area contributed by atoms with E-state index in [2.05, 4.69) is 34.7 Å². The highest BCUT2D eigenvalue weighted by Crippen LogP contribution is 2.16. The van der Waals surface area contributed by atoms with Crippen LogP contribution in [0.5, 0.6) is 0 Å². The minimum absolute atomic E-state index is 1.13. The first-order chi connectivity index (χ1) is 9.31. The van der Waals surface area contributed by atoms with Gasteiger partial charge in [-0.15, -0.1) is 0 Å². The summed E-state index contributed by atoms with van der Waals surface area (Å²) in [5.41, 5.74) is 3.78. The summed E-state index contributed by atoms with van der Waals surface area (Å²) < 4.78 is 2.08. The summed E-state index contributed by atoms with van der Waals surface area (Å²) >= 11 is 0. The van der Waals surface area contributed by atoms with Crippen molar-refractivity contribution >= 4 is 11.0 Å². The summed E-state index contributed by atoms with van der Waals surface area (Å²) in [5, 5.41) is 0. The smallest absolute Gasteiger partial charge is 0.0955 e. The van der Waals surface area contributed by atoms with E-state index >= 15 is 0 Å². The van der Waals surface area contributed by atoms with Gasteiger partial charge in [0.15, 0.2) is 0 Å². The van der Waals surface area contributed by atoms with Crippen molar-refractivity contribution in [3.05, 3.63) is 30.1 Å². The molecule has 2 rings (SSSR count). The van der Waals surface area contributed by atoms with Gasteiger partial charge in [-0.2, -0.15) is 0 Å². The topological polar surface area (TPSA) is 17.8 Å². The first-order valence-electron chi connectivity index (χ1n) is 7.71. The quantitative estimate of drug-likeness (QED) is 0.618. The van der Waals surface area contributed by atoms with Gasteiger partial charge in [0.1, 0.15) is 0 Å². The predicted octanol–water partition coefficient (Wildman–Crippen LogP) is 4.87. The molecule has 2 aromatic rings. The summed E-state index contributed by atoms with van der Waals surface area (Å²) in [4.78, 5) is 4.42. The number of hydrogen-bond acceptors (Lipinski definition) is 1. The molecule has 0 fully saturated rings. The largest absolute Gasteiger partial charge is 0.334 e. The van der Waals surface area contributed by atoms with Gasteiger partial charge in [0, 0.05) is 7.05 Å². The highest BCUT2D eigenvalue weighted by atomic mass is 15.0. The molecule has 0 bridgehead atoms. The van der Waals surface area contributed by atoms with Gasteiger partial charge in [-0.1, -0.05) is 51.5 Å². The lowest BCUT2D eigenvalue weighted by Gasteiger charge is -2.03. The van der Waals surface area contributed by atoms with Crippen LogP contribution in [-0.2, 0) is 13.5 Å². The van der Waals surface area contributed by atoms with Crippen LogP contribution in [0.1, 0.15) is 57.4 Å². The zero-order valence-corrected chi connectivity index (χ0v) is 12.4. The van der Waals surface area contributed by atoms with Gasteiger partial charge >= 0.3 is 0 Å². The average Bonchev–Trinajstić information content (AvgIpc) is 2.79. The van der Waals surface area contributed by atoms with Crippen LogP contribution >= 0.6 is 0 Å². The molecule has 104 valence electrons. The second-order valence-corrected chi connectivity index (χ2v) is 5.55. The van der Waals surface area contributed by atoms with E-state index < -0.39 is 0 Å². The monoisotopic (exact) mass is 258 g/mol. The number of nitrogens with zero attached hydrogens (tertiary/aromatic N) is 2. The van der Waals surface area contributed by atoms with E-state index in [9.17, 15) is 0 Å². The first-order valence-corrected chi connectivity index (χ1v) is 7.71. The van der Waals surface area contributed by atoms with Gasteiger partial charge in [-0.05, 0) is 30.5 Å². The maximum Gasteiger partial charge on any atom is 0.0955 e.